The molecular formula is C18H16N2O3S2. The first-order valence-electron chi connectivity index (χ1n) is 7.58. The second-order valence-electron chi connectivity index (χ2n) is 5.33. The predicted molar refractivity (Wildman–Crippen MR) is 100 cm³/mol. The average Bonchev–Trinajstić information content (AvgIpc) is 3.32. The van der Waals surface area contributed by atoms with Gasteiger partial charge in [0.15, 0.2) is 11.8 Å². The third-order valence-electron chi connectivity index (χ3n) is 3.59. The lowest BCUT2D eigenvalue weighted by atomic mass is 10.2. The molecule has 25 heavy (non-hydrogen) atoms. The fourth-order valence-electron chi connectivity index (χ4n) is 2.21. The number of thiophene rings is 1. The molecule has 0 bridgehead atoms. The van der Waals surface area contributed by atoms with Gasteiger partial charge in [-0.15, -0.1) is 11.3 Å². The van der Waals surface area contributed by atoms with Gasteiger partial charge in [0.2, 0.25) is 0 Å². The number of likely N-dealkylation sites (N-methyl/N-ethyl adjacent to an activating group) is 1. The molecule has 5 nitrogen and oxygen atoms in total. The maximum absolute atomic E-state index is 12.4. The van der Waals surface area contributed by atoms with Crippen molar-refractivity contribution in [1.82, 2.24) is 4.98 Å². The van der Waals surface area contributed by atoms with Crippen molar-refractivity contribution in [2.75, 3.05) is 11.9 Å². The Kier molecular flexibility index (Phi) is 5.25. The number of esters is 1. The number of hydrogen-bond donors (Lipinski definition) is 0. The van der Waals surface area contributed by atoms with Crippen LogP contribution in [0.15, 0.2) is 52.5 Å². The van der Waals surface area contributed by atoms with Crippen LogP contribution in [0.4, 0.5) is 5.69 Å². The van der Waals surface area contributed by atoms with Gasteiger partial charge in [0.05, 0.1) is 0 Å². The number of hydrogen-bond acceptors (Lipinski definition) is 6. The Labute approximate surface area is 153 Å². The summed E-state index contributed by atoms with van der Waals surface area (Å²) in [5.74, 6) is -0.895. The maximum atomic E-state index is 12.4. The quantitative estimate of drug-likeness (QED) is 0.633. The molecule has 1 amide bonds. The van der Waals surface area contributed by atoms with Crippen molar-refractivity contribution in [3.8, 4) is 10.6 Å². The van der Waals surface area contributed by atoms with Crippen LogP contribution in [0, 0.1) is 0 Å². The Morgan fingerprint density at radius 2 is 1.92 bits per heavy atom. The fraction of sp³-hybridized carbons (Fsp3) is 0.167. The normalized spacial score (nSPS) is 11.8. The molecule has 128 valence electrons. The second kappa shape index (κ2) is 7.58. The zero-order valence-electron chi connectivity index (χ0n) is 13.7. The Bertz CT molecular complexity index is 860. The van der Waals surface area contributed by atoms with Crippen molar-refractivity contribution in [3.05, 3.63) is 58.2 Å². The maximum Gasteiger partial charge on any atom is 0.358 e. The molecule has 2 heterocycles. The van der Waals surface area contributed by atoms with Gasteiger partial charge in [-0.3, -0.25) is 4.79 Å². The lowest BCUT2D eigenvalue weighted by Gasteiger charge is -2.21. The standard InChI is InChI=1S/C18H16N2O3S2/c1-12(17(21)20(2)14-6-4-3-5-7-14)23-18(22)15-11-25-16(19-15)13-8-9-24-10-13/h3-12H,1-2H3. The number of benzene rings is 1. The number of carbonyl (C=O) groups is 2. The minimum atomic E-state index is -0.899. The topological polar surface area (TPSA) is 59.5 Å². The van der Waals surface area contributed by atoms with Gasteiger partial charge in [-0.1, -0.05) is 18.2 Å². The van der Waals surface area contributed by atoms with Crippen LogP contribution in [-0.2, 0) is 9.53 Å². The first-order chi connectivity index (χ1) is 12.1. The van der Waals surface area contributed by atoms with E-state index < -0.39 is 12.1 Å². The molecule has 7 heteroatoms. The molecule has 0 aliphatic heterocycles. The Balaban J connectivity index is 1.65. The van der Waals surface area contributed by atoms with Crippen LogP contribution in [0.3, 0.4) is 0 Å². The van der Waals surface area contributed by atoms with Crippen LogP contribution in [0.1, 0.15) is 17.4 Å². The summed E-state index contributed by atoms with van der Waals surface area (Å²) in [7, 11) is 1.65. The highest BCUT2D eigenvalue weighted by Gasteiger charge is 2.24. The van der Waals surface area contributed by atoms with Crippen molar-refractivity contribution >= 4 is 40.2 Å². The largest absolute Gasteiger partial charge is 0.448 e. The van der Waals surface area contributed by atoms with E-state index in [0.29, 0.717) is 0 Å². The van der Waals surface area contributed by atoms with Gasteiger partial charge >= 0.3 is 5.97 Å². The van der Waals surface area contributed by atoms with Crippen molar-refractivity contribution in [2.45, 2.75) is 13.0 Å². The summed E-state index contributed by atoms with van der Waals surface area (Å²) in [4.78, 5) is 30.5. The number of anilines is 1. The van der Waals surface area contributed by atoms with Crippen molar-refractivity contribution in [1.29, 1.82) is 0 Å². The van der Waals surface area contributed by atoms with Gasteiger partial charge in [0.1, 0.15) is 5.01 Å². The van der Waals surface area contributed by atoms with E-state index in [1.165, 1.54) is 16.2 Å². The first-order valence-corrected chi connectivity index (χ1v) is 9.40. The summed E-state index contributed by atoms with van der Waals surface area (Å²) in [6.07, 6.45) is -0.899. The molecule has 0 aliphatic carbocycles. The van der Waals surface area contributed by atoms with Crippen LogP contribution in [0.5, 0.6) is 0 Å². The monoisotopic (exact) mass is 372 g/mol. The number of ether oxygens (including phenoxy) is 1. The van der Waals surface area contributed by atoms with Crippen molar-refractivity contribution < 1.29 is 14.3 Å². The molecule has 3 aromatic rings. The summed E-state index contributed by atoms with van der Waals surface area (Å²) in [5.41, 5.74) is 1.93. The minimum Gasteiger partial charge on any atom is -0.448 e. The molecule has 3 rings (SSSR count). The van der Waals surface area contributed by atoms with Crippen LogP contribution >= 0.6 is 22.7 Å². The molecular weight excluding hydrogens is 356 g/mol. The van der Waals surface area contributed by atoms with E-state index in [1.807, 2.05) is 47.2 Å². The van der Waals surface area contributed by atoms with Gasteiger partial charge in [0.25, 0.3) is 5.91 Å². The number of aromatic nitrogens is 1. The molecule has 0 N–H and O–H groups in total. The molecule has 0 saturated carbocycles. The molecule has 1 aromatic carbocycles. The van der Waals surface area contributed by atoms with E-state index in [0.717, 1.165) is 16.3 Å². The van der Waals surface area contributed by atoms with Gasteiger partial charge in [-0.25, -0.2) is 9.78 Å². The van der Waals surface area contributed by atoms with Crippen LogP contribution in [0.2, 0.25) is 0 Å². The van der Waals surface area contributed by atoms with Crippen LogP contribution in [-0.4, -0.2) is 30.0 Å². The van der Waals surface area contributed by atoms with Crippen LogP contribution in [0.25, 0.3) is 10.6 Å². The number of para-hydroxylation sites is 1. The first kappa shape index (κ1) is 17.3. The number of nitrogens with zero attached hydrogens (tertiary/aromatic N) is 2. The lowest BCUT2D eigenvalue weighted by Crippen LogP contribution is -2.37. The lowest BCUT2D eigenvalue weighted by molar-refractivity contribution is -0.126. The number of amides is 1. The third kappa shape index (κ3) is 3.94. The Hall–Kier alpha value is -2.51. The highest BCUT2D eigenvalue weighted by atomic mass is 32.1. The summed E-state index contributed by atoms with van der Waals surface area (Å²) >= 11 is 2.94. The molecule has 0 radical (unpaired) electrons. The van der Waals surface area contributed by atoms with E-state index in [9.17, 15) is 9.59 Å². The SMILES string of the molecule is CC(OC(=O)c1csc(-c2ccsc2)n1)C(=O)N(C)c1ccccc1. The zero-order valence-corrected chi connectivity index (χ0v) is 15.3. The molecule has 2 aromatic heterocycles. The second-order valence-corrected chi connectivity index (χ2v) is 6.97. The van der Waals surface area contributed by atoms with Gasteiger partial charge in [0, 0.05) is 29.1 Å². The van der Waals surface area contributed by atoms with E-state index in [1.54, 1.807) is 30.7 Å². The van der Waals surface area contributed by atoms with Gasteiger partial charge < -0.3 is 9.64 Å². The summed E-state index contributed by atoms with van der Waals surface area (Å²) < 4.78 is 5.29. The smallest absolute Gasteiger partial charge is 0.358 e. The molecule has 0 saturated heterocycles. The van der Waals surface area contributed by atoms with E-state index in [4.69, 9.17) is 4.74 Å². The fourth-order valence-corrected chi connectivity index (χ4v) is 3.71. The molecule has 1 unspecified atom stereocenters. The summed E-state index contributed by atoms with van der Waals surface area (Å²) in [5, 5.41) is 6.32. The van der Waals surface area contributed by atoms with Crippen molar-refractivity contribution in [3.63, 3.8) is 0 Å². The average molecular weight is 372 g/mol. The summed E-state index contributed by atoms with van der Waals surface area (Å²) in [6, 6.07) is 11.1. The minimum absolute atomic E-state index is 0.216. The van der Waals surface area contributed by atoms with Gasteiger partial charge in [-0.05, 0) is 30.5 Å². The van der Waals surface area contributed by atoms with Crippen molar-refractivity contribution in [2.24, 2.45) is 0 Å². The highest BCUT2D eigenvalue weighted by molar-refractivity contribution is 7.14. The molecule has 0 fully saturated rings. The third-order valence-corrected chi connectivity index (χ3v) is 5.16. The predicted octanol–water partition coefficient (Wildman–Crippen LogP) is 4.08. The number of carbonyl (C=O) groups excluding carboxylic acids is 2. The number of thiazole rings is 1. The Morgan fingerprint density at radius 3 is 2.60 bits per heavy atom. The van der Waals surface area contributed by atoms with E-state index in [2.05, 4.69) is 4.98 Å². The highest BCUT2D eigenvalue weighted by Crippen LogP contribution is 2.26. The molecule has 0 aliphatic rings. The zero-order chi connectivity index (χ0) is 17.8. The van der Waals surface area contributed by atoms with E-state index in [-0.39, 0.29) is 11.6 Å². The molecule has 0 spiro atoms. The summed E-state index contributed by atoms with van der Waals surface area (Å²) in [6.45, 7) is 1.56. The van der Waals surface area contributed by atoms with E-state index >= 15 is 0 Å². The number of rotatable bonds is 5. The van der Waals surface area contributed by atoms with Gasteiger partial charge in [-0.2, -0.15) is 11.3 Å². The van der Waals surface area contributed by atoms with Crippen LogP contribution < -0.4 is 4.90 Å². The Morgan fingerprint density at radius 1 is 1.16 bits per heavy atom. The molecule has 1 atom stereocenters.